The van der Waals surface area contributed by atoms with E-state index in [9.17, 15) is 19.8 Å². The summed E-state index contributed by atoms with van der Waals surface area (Å²) >= 11 is 0. The third kappa shape index (κ3) is 13.8. The van der Waals surface area contributed by atoms with Crippen molar-refractivity contribution in [1.82, 2.24) is 0 Å². The van der Waals surface area contributed by atoms with Gasteiger partial charge in [0.1, 0.15) is 24.7 Å². The Bertz CT molecular complexity index is 1260. The number of aliphatic imine (C=N–C) groups is 2. The second kappa shape index (κ2) is 19.5. The molecule has 3 atom stereocenters. The minimum absolute atomic E-state index is 0.0329. The van der Waals surface area contributed by atoms with Crippen LogP contribution in [-0.2, 0) is 28.5 Å². The molecule has 2 rings (SSSR count). The second-order valence-corrected chi connectivity index (χ2v) is 14.0. The lowest BCUT2D eigenvalue weighted by atomic mass is 9.80. The average molecular weight is 659 g/mol. The van der Waals surface area contributed by atoms with E-state index in [2.05, 4.69) is 34.6 Å². The first-order valence-corrected chi connectivity index (χ1v) is 16.8. The van der Waals surface area contributed by atoms with Crippen molar-refractivity contribution in [2.24, 2.45) is 33.2 Å². The number of methoxy groups -OCH3 is 2. The van der Waals surface area contributed by atoms with Crippen LogP contribution in [0.4, 0.5) is 0 Å². The maximum absolute atomic E-state index is 12.7. The first-order valence-electron chi connectivity index (χ1n) is 16.8. The van der Waals surface area contributed by atoms with Crippen LogP contribution >= 0.6 is 0 Å². The molecule has 0 saturated carbocycles. The first kappa shape index (κ1) is 39.9. The molecule has 0 aromatic rings. The molecule has 47 heavy (non-hydrogen) atoms. The molecule has 2 N–H and O–H groups in total. The number of ether oxygens (including phenoxy) is 4. The Labute approximate surface area is 281 Å². The quantitative estimate of drug-likeness (QED) is 0.0733. The van der Waals surface area contributed by atoms with Gasteiger partial charge >= 0.3 is 11.9 Å². The summed E-state index contributed by atoms with van der Waals surface area (Å²) in [5, 5.41) is 20.6. The maximum Gasteiger partial charge on any atom is 0.341 e. The Morgan fingerprint density at radius 2 is 1.26 bits per heavy atom. The summed E-state index contributed by atoms with van der Waals surface area (Å²) in [6.45, 7) is 16.1. The molecular weight excluding hydrogens is 600 g/mol. The van der Waals surface area contributed by atoms with Crippen molar-refractivity contribution in [1.29, 1.82) is 0 Å². The van der Waals surface area contributed by atoms with Crippen LogP contribution in [0.3, 0.4) is 0 Å². The van der Waals surface area contributed by atoms with Crippen LogP contribution in [0, 0.1) is 23.2 Å². The molecule has 10 heteroatoms. The number of aliphatic hydroxyl groups is 2. The van der Waals surface area contributed by atoms with Gasteiger partial charge in [-0.1, -0.05) is 34.6 Å². The van der Waals surface area contributed by atoms with Crippen molar-refractivity contribution in [3.05, 3.63) is 46.0 Å². The van der Waals surface area contributed by atoms with Gasteiger partial charge in [0.05, 0.1) is 24.4 Å². The summed E-state index contributed by atoms with van der Waals surface area (Å²) in [6, 6.07) is 0. The van der Waals surface area contributed by atoms with E-state index in [0.29, 0.717) is 45.1 Å². The van der Waals surface area contributed by atoms with Gasteiger partial charge in [0.25, 0.3) is 0 Å². The van der Waals surface area contributed by atoms with Crippen molar-refractivity contribution >= 4 is 23.4 Å². The Balaban J connectivity index is 2.06. The van der Waals surface area contributed by atoms with E-state index >= 15 is 0 Å². The van der Waals surface area contributed by atoms with E-state index in [1.807, 2.05) is 12.2 Å². The lowest BCUT2D eigenvalue weighted by Gasteiger charge is -2.28. The lowest BCUT2D eigenvalue weighted by Crippen LogP contribution is -2.22. The number of allylic oxidation sites excluding steroid dienone is 4. The van der Waals surface area contributed by atoms with Gasteiger partial charge in [-0.3, -0.25) is 9.98 Å². The van der Waals surface area contributed by atoms with Crippen molar-refractivity contribution < 1.29 is 38.7 Å². The Morgan fingerprint density at radius 3 is 1.68 bits per heavy atom. The molecule has 0 bridgehead atoms. The van der Waals surface area contributed by atoms with Gasteiger partial charge in [0.15, 0.2) is 0 Å². The molecule has 0 heterocycles. The number of carbonyl (C=O) groups excluding carboxylic acids is 2. The standard InChI is InChI=1S/C37H58N2O8/c1-24-16-29(33(27(4)40)35(42)46-14-12-44-8)20-31(18-24)38-11-10-37(6,7)22-26(3)23-39-32-19-25(2)17-30(21-32)34(28(5)41)36(43)47-15-13-45-9/h20-21,24-26,40-41H,10-19,22-23H2,1-9H3. The molecule has 0 fully saturated rings. The number of aliphatic hydroxyl groups excluding tert-OH is 2. The van der Waals surface area contributed by atoms with Crippen LogP contribution in [0.5, 0.6) is 0 Å². The Hall–Kier alpha value is -3.24. The fourth-order valence-electron chi connectivity index (χ4n) is 6.30. The normalized spacial score (nSPS) is 22.2. The maximum atomic E-state index is 12.7. The largest absolute Gasteiger partial charge is 0.512 e. The predicted molar refractivity (Wildman–Crippen MR) is 186 cm³/mol. The van der Waals surface area contributed by atoms with Crippen LogP contribution in [0.1, 0.15) is 87.0 Å². The van der Waals surface area contributed by atoms with Crippen LogP contribution in [0.15, 0.2) is 55.9 Å². The van der Waals surface area contributed by atoms with Crippen molar-refractivity contribution in [3.63, 3.8) is 0 Å². The number of hydrogen-bond donors (Lipinski definition) is 2. The highest BCUT2D eigenvalue weighted by molar-refractivity contribution is 6.02. The smallest absolute Gasteiger partial charge is 0.341 e. The molecule has 3 unspecified atom stereocenters. The van der Waals surface area contributed by atoms with Crippen LogP contribution in [0.25, 0.3) is 0 Å². The number of rotatable bonds is 17. The molecule has 0 aromatic carbocycles. The molecule has 2 aliphatic rings. The molecule has 0 spiro atoms. The van der Waals surface area contributed by atoms with Gasteiger partial charge in [-0.05, 0) is 98.8 Å². The van der Waals surface area contributed by atoms with E-state index < -0.39 is 11.9 Å². The second-order valence-electron chi connectivity index (χ2n) is 14.0. The summed E-state index contributed by atoms with van der Waals surface area (Å²) < 4.78 is 20.5. The summed E-state index contributed by atoms with van der Waals surface area (Å²) in [7, 11) is 3.08. The van der Waals surface area contributed by atoms with Crippen molar-refractivity contribution in [2.45, 2.75) is 87.0 Å². The third-order valence-electron chi connectivity index (χ3n) is 8.36. The number of hydrogen-bond acceptors (Lipinski definition) is 10. The molecule has 264 valence electrons. The first-order chi connectivity index (χ1) is 22.2. The highest BCUT2D eigenvalue weighted by Gasteiger charge is 2.27. The topological polar surface area (TPSA) is 136 Å². The van der Waals surface area contributed by atoms with Gasteiger partial charge in [-0.25, -0.2) is 9.59 Å². The van der Waals surface area contributed by atoms with Gasteiger partial charge in [0.2, 0.25) is 0 Å². The molecule has 0 radical (unpaired) electrons. The molecule has 0 aromatic heterocycles. The highest BCUT2D eigenvalue weighted by Crippen LogP contribution is 2.33. The van der Waals surface area contributed by atoms with Gasteiger partial charge in [-0.2, -0.15) is 0 Å². The Kier molecular flexibility index (Phi) is 16.6. The molecule has 10 nitrogen and oxygen atoms in total. The molecule has 0 amide bonds. The summed E-state index contributed by atoms with van der Waals surface area (Å²) in [5.41, 5.74) is 3.83. The fraction of sp³-hybridized carbons (Fsp3) is 0.676. The number of nitrogens with zero attached hydrogens (tertiary/aromatic N) is 2. The van der Waals surface area contributed by atoms with Crippen LogP contribution in [-0.4, -0.2) is 87.3 Å². The van der Waals surface area contributed by atoms with Gasteiger partial charge in [0, 0.05) is 38.7 Å². The molecular formula is C37H58N2O8. The van der Waals surface area contributed by atoms with E-state index in [-0.39, 0.29) is 53.1 Å². The Morgan fingerprint density at radius 1 is 0.809 bits per heavy atom. The molecule has 0 aliphatic heterocycles. The summed E-state index contributed by atoms with van der Waals surface area (Å²) in [4.78, 5) is 35.3. The minimum atomic E-state index is -0.546. The third-order valence-corrected chi connectivity index (χ3v) is 8.36. The summed E-state index contributed by atoms with van der Waals surface area (Å²) in [5.74, 6) is -0.299. The predicted octanol–water partition coefficient (Wildman–Crippen LogP) is 7.07. The van der Waals surface area contributed by atoms with Gasteiger partial charge in [-0.15, -0.1) is 0 Å². The van der Waals surface area contributed by atoms with E-state index in [1.165, 1.54) is 13.8 Å². The van der Waals surface area contributed by atoms with Crippen molar-refractivity contribution in [2.75, 3.05) is 53.7 Å². The number of esters is 2. The fourth-order valence-corrected chi connectivity index (χ4v) is 6.30. The van der Waals surface area contributed by atoms with Gasteiger partial charge < -0.3 is 29.2 Å². The SMILES string of the molecule is COCCOC(=O)C(C1=CC(=NCCC(C)(C)CC(C)CN=C2C=C(C(C(=O)OCCOC)=C(C)O)CC(C)C2)CC(C)C1)=C(C)O. The average Bonchev–Trinajstić information content (AvgIpc) is 2.95. The van der Waals surface area contributed by atoms with E-state index in [1.54, 1.807) is 14.2 Å². The number of carbonyl (C=O) groups is 2. The van der Waals surface area contributed by atoms with E-state index in [4.69, 9.17) is 28.9 Å². The zero-order chi connectivity index (χ0) is 35.1. The monoisotopic (exact) mass is 658 g/mol. The van der Waals surface area contributed by atoms with Crippen LogP contribution in [0.2, 0.25) is 0 Å². The molecule has 2 aliphatic carbocycles. The highest BCUT2D eigenvalue weighted by atomic mass is 16.6. The van der Waals surface area contributed by atoms with Crippen LogP contribution < -0.4 is 0 Å². The molecule has 0 saturated heterocycles. The van der Waals surface area contributed by atoms with Crippen molar-refractivity contribution in [3.8, 4) is 0 Å². The van der Waals surface area contributed by atoms with E-state index in [0.717, 1.165) is 48.3 Å². The minimum Gasteiger partial charge on any atom is -0.512 e. The zero-order valence-electron chi connectivity index (χ0n) is 30.1. The summed E-state index contributed by atoms with van der Waals surface area (Å²) in [6.07, 6.45) is 8.71. The zero-order valence-corrected chi connectivity index (χ0v) is 30.1. The lowest BCUT2D eigenvalue weighted by molar-refractivity contribution is -0.141.